The number of nitrogens with two attached hydrogens (primary N) is 1. The summed E-state index contributed by atoms with van der Waals surface area (Å²) < 4.78 is 29.6. The van der Waals surface area contributed by atoms with Crippen LogP contribution >= 0.6 is 0 Å². The second kappa shape index (κ2) is 18.9. The molecule has 0 aromatic rings. The van der Waals surface area contributed by atoms with E-state index in [0.29, 0.717) is 19.3 Å². The highest BCUT2D eigenvalue weighted by Crippen LogP contribution is 2.27. The molecule has 0 bridgehead atoms. The Hall–Kier alpha value is -3.76. The molecule has 256 valence electrons. The fourth-order valence-electron chi connectivity index (χ4n) is 4.62. The van der Waals surface area contributed by atoms with Gasteiger partial charge < -0.3 is 37.1 Å². The third-order valence-electron chi connectivity index (χ3n) is 6.98. The minimum atomic E-state index is -3.85. The lowest BCUT2D eigenvalue weighted by Gasteiger charge is -2.31. The molecule has 17 heteroatoms. The highest BCUT2D eigenvalue weighted by molar-refractivity contribution is 7.90. The van der Waals surface area contributed by atoms with E-state index < -0.39 is 87.7 Å². The zero-order valence-corrected chi connectivity index (χ0v) is 27.4. The van der Waals surface area contributed by atoms with Crippen LogP contribution in [0.5, 0.6) is 0 Å². The van der Waals surface area contributed by atoms with Gasteiger partial charge in [0.25, 0.3) is 5.91 Å². The van der Waals surface area contributed by atoms with Gasteiger partial charge in [0.05, 0.1) is 24.9 Å². The van der Waals surface area contributed by atoms with Crippen LogP contribution in [0.3, 0.4) is 0 Å². The molecule has 1 fully saturated rings. The third kappa shape index (κ3) is 15.2. The van der Waals surface area contributed by atoms with Crippen molar-refractivity contribution in [3.8, 4) is 0 Å². The second-order valence-electron chi connectivity index (χ2n) is 11.8. The van der Waals surface area contributed by atoms with Gasteiger partial charge in [0.2, 0.25) is 29.4 Å². The Balaban J connectivity index is 3.08. The van der Waals surface area contributed by atoms with Crippen LogP contribution in [0.1, 0.15) is 72.6 Å². The van der Waals surface area contributed by atoms with Crippen molar-refractivity contribution in [3.05, 3.63) is 0 Å². The van der Waals surface area contributed by atoms with E-state index in [4.69, 9.17) is 10.5 Å². The van der Waals surface area contributed by atoms with Gasteiger partial charge >= 0.3 is 6.09 Å². The number of carbonyl (C=O) groups excluding carboxylic acids is 7. The largest absolute Gasteiger partial charge is 0.449 e. The van der Waals surface area contributed by atoms with E-state index in [2.05, 4.69) is 26.6 Å². The number of primary amides is 1. The number of hydrogen-bond donors (Lipinski definition) is 6. The van der Waals surface area contributed by atoms with Crippen molar-refractivity contribution in [2.24, 2.45) is 17.6 Å². The smallest absolute Gasteiger partial charge is 0.407 e. The molecule has 0 aliphatic heterocycles. The number of sulfone groups is 1. The van der Waals surface area contributed by atoms with Crippen molar-refractivity contribution in [3.63, 3.8) is 0 Å². The Morgan fingerprint density at radius 1 is 0.867 bits per heavy atom. The SMILES string of the molecule is CCCC(NC(=O)C(CS(C)(=O)=O)NC(=O)C(NC(=O)OCC(C)C)C1CCCCC1)C(=O)C(=O)NCC(=O)N[C@@H](C)C(N)=O. The van der Waals surface area contributed by atoms with Gasteiger partial charge in [0.15, 0.2) is 0 Å². The topological polar surface area (TPSA) is 249 Å². The molecule has 1 saturated carbocycles. The fourth-order valence-corrected chi connectivity index (χ4v) is 5.46. The fraction of sp³-hybridized carbons (Fsp3) is 0.750. The molecule has 45 heavy (non-hydrogen) atoms. The van der Waals surface area contributed by atoms with Gasteiger partial charge in [-0.1, -0.05) is 46.5 Å². The van der Waals surface area contributed by atoms with Gasteiger partial charge in [-0.25, -0.2) is 13.2 Å². The molecule has 16 nitrogen and oxygen atoms in total. The lowest BCUT2D eigenvalue weighted by Crippen LogP contribution is -2.60. The van der Waals surface area contributed by atoms with Crippen molar-refractivity contribution in [2.75, 3.05) is 25.2 Å². The first-order valence-electron chi connectivity index (χ1n) is 15.1. The van der Waals surface area contributed by atoms with Gasteiger partial charge in [-0.05, 0) is 38.0 Å². The highest BCUT2D eigenvalue weighted by Gasteiger charge is 2.36. The average Bonchev–Trinajstić information content (AvgIpc) is 2.96. The molecule has 1 rings (SSSR count). The van der Waals surface area contributed by atoms with Crippen LogP contribution in [0, 0.1) is 11.8 Å². The molecule has 0 radical (unpaired) electrons. The maximum atomic E-state index is 13.5. The summed E-state index contributed by atoms with van der Waals surface area (Å²) in [6, 6.07) is -5.20. The van der Waals surface area contributed by atoms with E-state index in [-0.39, 0.29) is 24.9 Å². The maximum Gasteiger partial charge on any atom is 0.407 e. The number of Topliss-reactive ketones (excluding diaryl/α,β-unsaturated/α-hetero) is 1. The first-order chi connectivity index (χ1) is 20.9. The van der Waals surface area contributed by atoms with Crippen LogP contribution in [-0.4, -0.2) is 99.2 Å². The van der Waals surface area contributed by atoms with Gasteiger partial charge in [-0.2, -0.15) is 0 Å². The molecule has 6 amide bonds. The molecule has 0 heterocycles. The van der Waals surface area contributed by atoms with Crippen molar-refractivity contribution >= 4 is 51.2 Å². The summed E-state index contributed by atoms with van der Waals surface area (Å²) in [5.41, 5.74) is 5.07. The molecule has 3 unspecified atom stereocenters. The standard InChI is InChI=1S/C28H48N6O10S/c1-6-10-19(23(36)27(40)30-13-21(35)31-17(4)24(29)37)32-25(38)20(15-45(5,42)43)33-26(39)22(18-11-8-7-9-12-18)34-28(41)44-14-16(2)3/h16-20,22H,6-15H2,1-5H3,(H2,29,37)(H,30,40)(H,31,35)(H,32,38)(H,33,39)(H,34,41)/t17-,19?,20?,22?/m0/s1. The Morgan fingerprint density at radius 3 is 2.00 bits per heavy atom. The van der Waals surface area contributed by atoms with Crippen LogP contribution in [0.2, 0.25) is 0 Å². The third-order valence-corrected chi connectivity index (χ3v) is 7.91. The summed E-state index contributed by atoms with van der Waals surface area (Å²) in [5.74, 6) is -6.80. The molecule has 1 aliphatic carbocycles. The Morgan fingerprint density at radius 2 is 1.47 bits per heavy atom. The molecule has 0 aromatic carbocycles. The van der Waals surface area contributed by atoms with Crippen molar-refractivity contribution in [2.45, 2.75) is 96.8 Å². The van der Waals surface area contributed by atoms with E-state index in [1.165, 1.54) is 6.92 Å². The molecule has 0 saturated heterocycles. The molecule has 7 N–H and O–H groups in total. The molecule has 0 spiro atoms. The average molecular weight is 661 g/mol. The van der Waals surface area contributed by atoms with Crippen LogP contribution in [0.25, 0.3) is 0 Å². The van der Waals surface area contributed by atoms with Crippen molar-refractivity contribution in [1.29, 1.82) is 0 Å². The Labute approximate surface area is 264 Å². The summed E-state index contributed by atoms with van der Waals surface area (Å²) in [4.78, 5) is 87.7. The van der Waals surface area contributed by atoms with E-state index in [0.717, 1.165) is 25.5 Å². The number of ketones is 1. The predicted molar refractivity (Wildman–Crippen MR) is 163 cm³/mol. The van der Waals surface area contributed by atoms with Gasteiger partial charge in [0, 0.05) is 6.26 Å². The van der Waals surface area contributed by atoms with Crippen LogP contribution in [0.4, 0.5) is 4.79 Å². The quantitative estimate of drug-likeness (QED) is 0.0959. The second-order valence-corrected chi connectivity index (χ2v) is 13.9. The highest BCUT2D eigenvalue weighted by atomic mass is 32.2. The molecular formula is C28H48N6O10S. The van der Waals surface area contributed by atoms with Crippen LogP contribution in [-0.2, 0) is 43.3 Å². The van der Waals surface area contributed by atoms with Crippen molar-refractivity contribution < 1.29 is 46.7 Å². The first kappa shape index (κ1) is 39.3. The zero-order valence-electron chi connectivity index (χ0n) is 26.6. The summed E-state index contributed by atoms with van der Waals surface area (Å²) >= 11 is 0. The maximum absolute atomic E-state index is 13.5. The minimum absolute atomic E-state index is 0.0175. The Kier molecular flexibility index (Phi) is 16.5. The molecular weight excluding hydrogens is 612 g/mol. The normalized spacial score (nSPS) is 16.3. The van der Waals surface area contributed by atoms with E-state index in [1.807, 2.05) is 13.8 Å². The van der Waals surface area contributed by atoms with Crippen LogP contribution in [0.15, 0.2) is 0 Å². The zero-order chi connectivity index (χ0) is 34.3. The lowest BCUT2D eigenvalue weighted by atomic mass is 9.83. The number of hydrogen-bond acceptors (Lipinski definition) is 10. The van der Waals surface area contributed by atoms with Gasteiger partial charge in [-0.3, -0.25) is 28.8 Å². The van der Waals surface area contributed by atoms with Gasteiger partial charge in [0.1, 0.15) is 28.0 Å². The van der Waals surface area contributed by atoms with Crippen molar-refractivity contribution in [1.82, 2.24) is 26.6 Å². The molecule has 1 aliphatic rings. The lowest BCUT2D eigenvalue weighted by molar-refractivity contribution is -0.141. The monoisotopic (exact) mass is 660 g/mol. The number of carbonyl (C=O) groups is 7. The number of rotatable bonds is 18. The molecule has 4 atom stereocenters. The Bertz CT molecular complexity index is 1190. The van der Waals surface area contributed by atoms with Crippen LogP contribution < -0.4 is 32.3 Å². The van der Waals surface area contributed by atoms with E-state index in [9.17, 15) is 42.0 Å². The number of nitrogens with one attached hydrogen (secondary N) is 5. The number of amides is 6. The minimum Gasteiger partial charge on any atom is -0.449 e. The predicted octanol–water partition coefficient (Wildman–Crippen LogP) is -1.19. The number of ether oxygens (including phenoxy) is 1. The summed E-state index contributed by atoms with van der Waals surface area (Å²) in [5, 5.41) is 11.7. The summed E-state index contributed by atoms with van der Waals surface area (Å²) in [6.45, 7) is 6.15. The molecule has 0 aromatic heterocycles. The van der Waals surface area contributed by atoms with E-state index in [1.54, 1.807) is 6.92 Å². The number of alkyl carbamates (subject to hydrolysis) is 1. The first-order valence-corrected chi connectivity index (χ1v) is 17.1. The summed E-state index contributed by atoms with van der Waals surface area (Å²) in [7, 11) is -3.85. The summed E-state index contributed by atoms with van der Waals surface area (Å²) in [6.07, 6.45) is 4.19. The van der Waals surface area contributed by atoms with E-state index >= 15 is 0 Å². The van der Waals surface area contributed by atoms with Gasteiger partial charge in [-0.15, -0.1) is 0 Å².